The second-order valence-electron chi connectivity index (χ2n) is 13.2. The highest BCUT2D eigenvalue weighted by molar-refractivity contribution is 6.05. The minimum atomic E-state index is -1.26. The van der Waals surface area contributed by atoms with Gasteiger partial charge in [-0.15, -0.1) is 13.2 Å². The first-order chi connectivity index (χ1) is 23.0. The van der Waals surface area contributed by atoms with Crippen LogP contribution in [0.1, 0.15) is 66.7 Å². The smallest absolute Gasteiger partial charge is 0.312 e. The maximum Gasteiger partial charge on any atom is 0.312 e. The topological polar surface area (TPSA) is 129 Å². The molecular formula is C37H54N4O7. The van der Waals surface area contributed by atoms with Crippen LogP contribution in [0.4, 0.5) is 11.4 Å². The predicted octanol–water partition coefficient (Wildman–Crippen LogP) is 3.85. The Bertz CT molecular complexity index is 1330. The molecule has 3 aliphatic heterocycles. The van der Waals surface area contributed by atoms with Crippen molar-refractivity contribution < 1.29 is 33.8 Å². The van der Waals surface area contributed by atoms with E-state index < -0.39 is 47.7 Å². The molecule has 4 rings (SSSR count). The summed E-state index contributed by atoms with van der Waals surface area (Å²) in [5.41, 5.74) is 0.430. The maximum atomic E-state index is 14.9. The van der Waals surface area contributed by atoms with E-state index in [-0.39, 0.29) is 49.8 Å². The van der Waals surface area contributed by atoms with Gasteiger partial charge >= 0.3 is 5.97 Å². The van der Waals surface area contributed by atoms with Crippen LogP contribution in [-0.4, -0.2) is 96.4 Å². The Morgan fingerprint density at radius 3 is 2.38 bits per heavy atom. The summed E-state index contributed by atoms with van der Waals surface area (Å²) in [6, 6.07) is 6.03. The molecule has 8 atom stereocenters. The van der Waals surface area contributed by atoms with Crippen molar-refractivity contribution in [1.82, 2.24) is 10.2 Å². The van der Waals surface area contributed by atoms with E-state index in [9.17, 15) is 24.3 Å². The zero-order valence-electron chi connectivity index (χ0n) is 29.2. The number of carbonyl (C=O) groups is 4. The van der Waals surface area contributed by atoms with Crippen molar-refractivity contribution in [3.05, 3.63) is 49.6 Å². The number of aliphatic hydroxyl groups excluding tert-OH is 1. The number of ether oxygens (including phenoxy) is 2. The van der Waals surface area contributed by atoms with Crippen molar-refractivity contribution in [2.75, 3.05) is 42.6 Å². The number of amides is 3. The number of anilines is 2. The van der Waals surface area contributed by atoms with Gasteiger partial charge in [0.2, 0.25) is 11.8 Å². The summed E-state index contributed by atoms with van der Waals surface area (Å²) in [4.78, 5) is 60.7. The molecule has 48 heavy (non-hydrogen) atoms. The Morgan fingerprint density at radius 1 is 1.12 bits per heavy atom. The van der Waals surface area contributed by atoms with Crippen LogP contribution in [0.3, 0.4) is 0 Å². The van der Waals surface area contributed by atoms with Gasteiger partial charge < -0.3 is 34.6 Å². The van der Waals surface area contributed by atoms with Crippen LogP contribution in [0.5, 0.6) is 0 Å². The van der Waals surface area contributed by atoms with Gasteiger partial charge in [-0.05, 0) is 70.2 Å². The monoisotopic (exact) mass is 666 g/mol. The number of likely N-dealkylation sites (tertiary alicyclic amines) is 1. The third-order valence-corrected chi connectivity index (χ3v) is 10.4. The molecule has 0 radical (unpaired) electrons. The number of hydrogen-bond acceptors (Lipinski definition) is 8. The number of hydrogen-bond donors (Lipinski definition) is 2. The molecule has 3 saturated heterocycles. The minimum Gasteiger partial charge on any atom is -0.460 e. The highest BCUT2D eigenvalue weighted by Crippen LogP contribution is 2.59. The van der Waals surface area contributed by atoms with Crippen molar-refractivity contribution in [3.63, 3.8) is 0 Å². The van der Waals surface area contributed by atoms with Gasteiger partial charge in [-0.3, -0.25) is 19.2 Å². The molecule has 2 N–H and O–H groups in total. The van der Waals surface area contributed by atoms with E-state index in [1.165, 1.54) is 4.90 Å². The van der Waals surface area contributed by atoms with E-state index in [2.05, 4.69) is 37.2 Å². The molecule has 0 aromatic heterocycles. The highest BCUT2D eigenvalue weighted by atomic mass is 16.6. The van der Waals surface area contributed by atoms with Crippen molar-refractivity contribution >= 4 is 35.1 Å². The first-order valence-corrected chi connectivity index (χ1v) is 17.5. The summed E-state index contributed by atoms with van der Waals surface area (Å²) in [6.45, 7) is 19.0. The summed E-state index contributed by atoms with van der Waals surface area (Å²) < 4.78 is 12.4. The molecule has 1 aromatic carbocycles. The molecule has 1 spiro atoms. The Kier molecular flexibility index (Phi) is 12.5. The van der Waals surface area contributed by atoms with Gasteiger partial charge in [0.15, 0.2) is 0 Å². The Labute approximate surface area is 285 Å². The Hall–Kier alpha value is -3.70. The molecule has 3 heterocycles. The van der Waals surface area contributed by atoms with E-state index in [4.69, 9.17) is 9.47 Å². The van der Waals surface area contributed by atoms with Gasteiger partial charge in [0.05, 0.1) is 37.1 Å². The SMILES string of the molecule is C=CCCC(=O)NC[C@H](C)OC(=O)[C@@H]1[C@H]2C(=O)N([C@@H](CO)[C@@H](C)CC)[C@H](C(=O)N(CC=C)c3ccc(N(CC)CC)cc3)[C@]23CC[C@H]1O3. The standard InChI is InChI=1S/C37H54N4O7/c1-8-13-14-30(43)38-22-25(7)47-36(46)31-29-19-20-37(48-29)32(31)34(44)41(28(23-42)24(6)10-3)33(37)35(45)40(21-9-2)27-17-15-26(16-18-27)39(11-4)12-5/h8-9,15-18,24-25,28-29,31-33,42H,1-2,10-14,19-23H2,3-7H3,(H,38,43)/t24-,25-,28-,29+,31-,32-,33+,37-/m0/s1. The highest BCUT2D eigenvalue weighted by Gasteiger charge is 2.76. The van der Waals surface area contributed by atoms with Crippen LogP contribution >= 0.6 is 0 Å². The molecule has 3 amide bonds. The second kappa shape index (κ2) is 16.1. The zero-order valence-corrected chi connectivity index (χ0v) is 29.2. The fourth-order valence-corrected chi connectivity index (χ4v) is 7.74. The molecule has 3 aliphatic rings. The van der Waals surface area contributed by atoms with E-state index in [0.717, 1.165) is 18.8 Å². The molecule has 2 bridgehead atoms. The number of benzene rings is 1. The van der Waals surface area contributed by atoms with Gasteiger partial charge in [-0.2, -0.15) is 0 Å². The van der Waals surface area contributed by atoms with Crippen molar-refractivity contribution in [3.8, 4) is 0 Å². The molecule has 11 heteroatoms. The molecular weight excluding hydrogens is 612 g/mol. The van der Waals surface area contributed by atoms with Crippen LogP contribution in [0.15, 0.2) is 49.6 Å². The Balaban J connectivity index is 1.68. The van der Waals surface area contributed by atoms with Crippen molar-refractivity contribution in [2.24, 2.45) is 17.8 Å². The van der Waals surface area contributed by atoms with Gasteiger partial charge in [-0.1, -0.05) is 32.4 Å². The van der Waals surface area contributed by atoms with Crippen LogP contribution in [0.2, 0.25) is 0 Å². The minimum absolute atomic E-state index is 0.126. The molecule has 1 aromatic rings. The van der Waals surface area contributed by atoms with Gasteiger partial charge in [0.1, 0.15) is 17.7 Å². The van der Waals surface area contributed by atoms with E-state index in [1.54, 1.807) is 24.0 Å². The average molecular weight is 667 g/mol. The number of rotatable bonds is 18. The number of nitrogens with zero attached hydrogens (tertiary/aromatic N) is 3. The number of carbonyl (C=O) groups excluding carboxylic acids is 4. The van der Waals surface area contributed by atoms with Crippen LogP contribution in [0.25, 0.3) is 0 Å². The fourth-order valence-electron chi connectivity index (χ4n) is 7.74. The molecule has 0 unspecified atom stereocenters. The third kappa shape index (κ3) is 7.03. The predicted molar refractivity (Wildman–Crippen MR) is 185 cm³/mol. The summed E-state index contributed by atoms with van der Waals surface area (Å²) >= 11 is 0. The van der Waals surface area contributed by atoms with E-state index >= 15 is 0 Å². The number of allylic oxidation sites excluding steroid dienone is 1. The van der Waals surface area contributed by atoms with E-state index in [1.807, 2.05) is 38.1 Å². The molecule has 3 fully saturated rings. The Morgan fingerprint density at radius 2 is 1.79 bits per heavy atom. The van der Waals surface area contributed by atoms with Crippen LogP contribution < -0.4 is 15.1 Å². The second-order valence-corrected chi connectivity index (χ2v) is 13.2. The van der Waals surface area contributed by atoms with Crippen molar-refractivity contribution in [2.45, 2.75) is 96.6 Å². The summed E-state index contributed by atoms with van der Waals surface area (Å²) in [6.07, 6.45) is 4.49. The normalized spacial score (nSPS) is 26.0. The molecule has 0 saturated carbocycles. The quantitative estimate of drug-likeness (QED) is 0.179. The average Bonchev–Trinajstić information content (AvgIpc) is 3.73. The summed E-state index contributed by atoms with van der Waals surface area (Å²) in [7, 11) is 0. The van der Waals surface area contributed by atoms with Crippen molar-refractivity contribution in [1.29, 1.82) is 0 Å². The van der Waals surface area contributed by atoms with Crippen LogP contribution in [-0.2, 0) is 28.7 Å². The summed E-state index contributed by atoms with van der Waals surface area (Å²) in [5.74, 6) is -3.46. The van der Waals surface area contributed by atoms with Crippen LogP contribution in [0, 0.1) is 17.8 Å². The molecule has 264 valence electrons. The lowest BCUT2D eigenvalue weighted by atomic mass is 9.70. The number of fused-ring (bicyclic) bond motifs is 1. The maximum absolute atomic E-state index is 14.9. The van der Waals surface area contributed by atoms with Gasteiger partial charge in [0, 0.05) is 37.4 Å². The van der Waals surface area contributed by atoms with E-state index in [0.29, 0.717) is 31.4 Å². The third-order valence-electron chi connectivity index (χ3n) is 10.4. The molecule has 11 nitrogen and oxygen atoms in total. The van der Waals surface area contributed by atoms with Gasteiger partial charge in [0.25, 0.3) is 5.91 Å². The first kappa shape index (κ1) is 37.1. The molecule has 0 aliphatic carbocycles. The number of aliphatic hydroxyl groups is 1. The zero-order chi connectivity index (χ0) is 35.2. The first-order valence-electron chi connectivity index (χ1n) is 17.5. The number of esters is 1. The largest absolute Gasteiger partial charge is 0.460 e. The fraction of sp³-hybridized carbons (Fsp3) is 0.622. The lowest BCUT2D eigenvalue weighted by molar-refractivity contribution is -0.160. The van der Waals surface area contributed by atoms with Gasteiger partial charge in [-0.25, -0.2) is 0 Å². The number of nitrogens with one attached hydrogen (secondary N) is 1. The lowest BCUT2D eigenvalue weighted by Gasteiger charge is -2.41. The summed E-state index contributed by atoms with van der Waals surface area (Å²) in [5, 5.41) is 13.4. The lowest BCUT2D eigenvalue weighted by Crippen LogP contribution is -2.60.